The van der Waals surface area contributed by atoms with Gasteiger partial charge in [0.15, 0.2) is 0 Å². The lowest BCUT2D eigenvalue weighted by Crippen LogP contribution is -2.30. The highest BCUT2D eigenvalue weighted by Crippen LogP contribution is 2.29. The Bertz CT molecular complexity index is 1200. The van der Waals surface area contributed by atoms with E-state index in [0.717, 1.165) is 34.2 Å². The summed E-state index contributed by atoms with van der Waals surface area (Å²) in [6.07, 6.45) is 2.82. The Kier molecular flexibility index (Phi) is 4.71. The van der Waals surface area contributed by atoms with Crippen LogP contribution in [-0.2, 0) is 7.05 Å². The predicted octanol–water partition coefficient (Wildman–Crippen LogP) is 4.53. The summed E-state index contributed by atoms with van der Waals surface area (Å²) in [7, 11) is 1.91. The first-order valence-electron chi connectivity index (χ1n) is 10.2. The number of likely N-dealkylation sites (tertiary alicyclic amines) is 1. The molecular weight excluding hydrogens is 374 g/mol. The minimum absolute atomic E-state index is 0.0348. The van der Waals surface area contributed by atoms with E-state index in [-0.39, 0.29) is 12.0 Å². The van der Waals surface area contributed by atoms with Crippen molar-refractivity contribution in [2.45, 2.75) is 12.5 Å². The van der Waals surface area contributed by atoms with Crippen molar-refractivity contribution >= 4 is 16.7 Å². The highest BCUT2D eigenvalue weighted by atomic mass is 16.5. The van der Waals surface area contributed by atoms with Crippen LogP contribution in [0.3, 0.4) is 0 Å². The van der Waals surface area contributed by atoms with Gasteiger partial charge in [-0.1, -0.05) is 42.5 Å². The first kappa shape index (κ1) is 18.4. The fourth-order valence-electron chi connectivity index (χ4n) is 4.08. The van der Waals surface area contributed by atoms with Crippen molar-refractivity contribution in [1.29, 1.82) is 0 Å². The van der Waals surface area contributed by atoms with E-state index >= 15 is 0 Å². The zero-order chi connectivity index (χ0) is 20.5. The molecule has 1 saturated heterocycles. The van der Waals surface area contributed by atoms with E-state index in [1.54, 1.807) is 4.68 Å². The third-order valence-electron chi connectivity index (χ3n) is 5.60. The summed E-state index contributed by atoms with van der Waals surface area (Å²) in [5.74, 6) is 0.906. The van der Waals surface area contributed by atoms with Crippen LogP contribution in [0.4, 0.5) is 0 Å². The summed E-state index contributed by atoms with van der Waals surface area (Å²) in [5.41, 5.74) is 2.72. The summed E-state index contributed by atoms with van der Waals surface area (Å²) >= 11 is 0. The van der Waals surface area contributed by atoms with Gasteiger partial charge in [0.25, 0.3) is 5.91 Å². The Morgan fingerprint density at radius 3 is 2.70 bits per heavy atom. The summed E-state index contributed by atoms with van der Waals surface area (Å²) in [4.78, 5) is 15.0. The number of aromatic nitrogens is 2. The highest BCUT2D eigenvalue weighted by molar-refractivity contribution is 6.02. The molecule has 0 N–H and O–H groups in total. The van der Waals surface area contributed by atoms with E-state index in [1.807, 2.05) is 84.9 Å². The molecule has 1 aliphatic heterocycles. The molecule has 0 saturated carbocycles. The lowest BCUT2D eigenvalue weighted by molar-refractivity contribution is 0.0772. The minimum atomic E-state index is 0.0348. The molecule has 0 bridgehead atoms. The standard InChI is InChI=1S/C25H23N3O2/c1-27-14-13-24(26-27)23-9-5-6-18-16-19(10-11-22(18)23)25(29)28-15-12-21(17-28)30-20-7-3-2-4-8-20/h2-11,13-14,16,21H,12,15,17H2,1H3/t21-/m1/s1. The fraction of sp³-hybridized carbons (Fsp3) is 0.200. The molecule has 4 aromatic rings. The molecule has 1 fully saturated rings. The van der Waals surface area contributed by atoms with E-state index in [4.69, 9.17) is 4.74 Å². The first-order chi connectivity index (χ1) is 14.7. The quantitative estimate of drug-likeness (QED) is 0.508. The van der Waals surface area contributed by atoms with Gasteiger partial charge in [0.2, 0.25) is 0 Å². The molecule has 30 heavy (non-hydrogen) atoms. The zero-order valence-electron chi connectivity index (χ0n) is 16.9. The molecule has 1 aromatic heterocycles. The van der Waals surface area contributed by atoms with Crippen molar-refractivity contribution in [1.82, 2.24) is 14.7 Å². The van der Waals surface area contributed by atoms with Crippen LogP contribution >= 0.6 is 0 Å². The summed E-state index contributed by atoms with van der Waals surface area (Å²) in [6, 6.07) is 23.9. The number of amides is 1. The van der Waals surface area contributed by atoms with Crippen molar-refractivity contribution < 1.29 is 9.53 Å². The molecule has 5 rings (SSSR count). The zero-order valence-corrected chi connectivity index (χ0v) is 16.9. The van der Waals surface area contributed by atoms with Crippen molar-refractivity contribution in [3.05, 3.63) is 84.6 Å². The van der Waals surface area contributed by atoms with Gasteiger partial charge in [-0.05, 0) is 41.1 Å². The fourth-order valence-corrected chi connectivity index (χ4v) is 4.08. The Morgan fingerprint density at radius 1 is 1.03 bits per heavy atom. The van der Waals surface area contributed by atoms with Gasteiger partial charge < -0.3 is 9.64 Å². The monoisotopic (exact) mass is 397 g/mol. The molecule has 5 heteroatoms. The van der Waals surface area contributed by atoms with Gasteiger partial charge in [-0.25, -0.2) is 0 Å². The molecule has 2 heterocycles. The van der Waals surface area contributed by atoms with E-state index < -0.39 is 0 Å². The molecular formula is C25H23N3O2. The predicted molar refractivity (Wildman–Crippen MR) is 118 cm³/mol. The van der Waals surface area contributed by atoms with Gasteiger partial charge in [-0.3, -0.25) is 9.48 Å². The average Bonchev–Trinajstić information content (AvgIpc) is 3.42. The van der Waals surface area contributed by atoms with Crippen LogP contribution in [0.1, 0.15) is 16.8 Å². The van der Waals surface area contributed by atoms with Gasteiger partial charge in [0.1, 0.15) is 11.9 Å². The van der Waals surface area contributed by atoms with Gasteiger partial charge in [0.05, 0.1) is 12.2 Å². The number of nitrogens with zero attached hydrogens (tertiary/aromatic N) is 3. The van der Waals surface area contributed by atoms with E-state index in [0.29, 0.717) is 18.7 Å². The lowest BCUT2D eigenvalue weighted by atomic mass is 10.00. The molecule has 3 aromatic carbocycles. The summed E-state index contributed by atoms with van der Waals surface area (Å²) < 4.78 is 7.82. The van der Waals surface area contributed by atoms with E-state index in [2.05, 4.69) is 11.2 Å². The third-order valence-corrected chi connectivity index (χ3v) is 5.60. The Morgan fingerprint density at radius 2 is 1.90 bits per heavy atom. The van der Waals surface area contributed by atoms with Crippen molar-refractivity contribution in [3.8, 4) is 17.0 Å². The third kappa shape index (κ3) is 3.54. The molecule has 1 aliphatic rings. The van der Waals surface area contributed by atoms with E-state index in [1.165, 1.54) is 0 Å². The largest absolute Gasteiger partial charge is 0.489 e. The number of hydrogen-bond donors (Lipinski definition) is 0. The average molecular weight is 397 g/mol. The second-order valence-electron chi connectivity index (χ2n) is 7.71. The molecule has 1 atom stereocenters. The Labute approximate surface area is 175 Å². The maximum absolute atomic E-state index is 13.1. The van der Waals surface area contributed by atoms with Crippen LogP contribution < -0.4 is 4.74 Å². The Hall–Kier alpha value is -3.60. The number of benzene rings is 3. The topological polar surface area (TPSA) is 47.4 Å². The SMILES string of the molecule is Cn1ccc(-c2cccc3cc(C(=O)N4CC[C@@H](Oc5ccccc5)C4)ccc23)n1. The minimum Gasteiger partial charge on any atom is -0.489 e. The molecule has 5 nitrogen and oxygen atoms in total. The van der Waals surface area contributed by atoms with Crippen molar-refractivity contribution in [2.24, 2.45) is 7.05 Å². The van der Waals surface area contributed by atoms with Gasteiger partial charge >= 0.3 is 0 Å². The van der Waals surface area contributed by atoms with Crippen LogP contribution in [0.5, 0.6) is 5.75 Å². The highest BCUT2D eigenvalue weighted by Gasteiger charge is 2.28. The molecule has 0 unspecified atom stereocenters. The molecule has 0 aliphatic carbocycles. The van der Waals surface area contributed by atoms with E-state index in [9.17, 15) is 4.79 Å². The van der Waals surface area contributed by atoms with Crippen molar-refractivity contribution in [3.63, 3.8) is 0 Å². The van der Waals surface area contributed by atoms with Crippen LogP contribution in [0.15, 0.2) is 79.0 Å². The smallest absolute Gasteiger partial charge is 0.254 e. The van der Waals surface area contributed by atoms with Gasteiger partial charge in [-0.2, -0.15) is 5.10 Å². The second-order valence-corrected chi connectivity index (χ2v) is 7.71. The van der Waals surface area contributed by atoms with Crippen LogP contribution in [0.2, 0.25) is 0 Å². The first-order valence-corrected chi connectivity index (χ1v) is 10.2. The number of rotatable bonds is 4. The second kappa shape index (κ2) is 7.67. The van der Waals surface area contributed by atoms with Gasteiger partial charge in [-0.15, -0.1) is 0 Å². The number of hydrogen-bond acceptors (Lipinski definition) is 3. The maximum Gasteiger partial charge on any atom is 0.254 e. The Balaban J connectivity index is 1.35. The number of ether oxygens (including phenoxy) is 1. The molecule has 1 amide bonds. The summed E-state index contributed by atoms with van der Waals surface area (Å²) in [5, 5.41) is 6.66. The summed E-state index contributed by atoms with van der Waals surface area (Å²) in [6.45, 7) is 1.32. The van der Waals surface area contributed by atoms with Crippen LogP contribution in [0.25, 0.3) is 22.0 Å². The number of carbonyl (C=O) groups is 1. The van der Waals surface area contributed by atoms with Crippen LogP contribution in [0, 0.1) is 0 Å². The lowest BCUT2D eigenvalue weighted by Gasteiger charge is -2.18. The molecule has 0 radical (unpaired) electrons. The van der Waals surface area contributed by atoms with Crippen LogP contribution in [-0.4, -0.2) is 39.8 Å². The normalized spacial score (nSPS) is 16.2. The van der Waals surface area contributed by atoms with Crippen molar-refractivity contribution in [2.75, 3.05) is 13.1 Å². The molecule has 0 spiro atoms. The number of aryl methyl sites for hydroxylation is 1. The number of para-hydroxylation sites is 1. The number of carbonyl (C=O) groups excluding carboxylic acids is 1. The van der Waals surface area contributed by atoms with Gasteiger partial charge in [0, 0.05) is 37.3 Å². The number of fused-ring (bicyclic) bond motifs is 1. The maximum atomic E-state index is 13.1. The molecule has 150 valence electrons.